The largest absolute Gasteiger partial charge is 0.487 e. The van der Waals surface area contributed by atoms with Crippen molar-refractivity contribution in [2.45, 2.75) is 18.9 Å². The summed E-state index contributed by atoms with van der Waals surface area (Å²) >= 11 is 0. The quantitative estimate of drug-likeness (QED) is 0.856. The molecule has 1 saturated heterocycles. The van der Waals surface area contributed by atoms with E-state index < -0.39 is 11.6 Å². The van der Waals surface area contributed by atoms with Crippen LogP contribution in [0.3, 0.4) is 0 Å². The first-order valence-electron chi connectivity index (χ1n) is 5.48. The van der Waals surface area contributed by atoms with Crippen molar-refractivity contribution in [1.82, 2.24) is 5.32 Å². The summed E-state index contributed by atoms with van der Waals surface area (Å²) in [6.07, 6.45) is 1.43. The standard InChI is InChI=1S/C12H12F2N2O/c13-11-8(7-15)1-2-10(12(11)14)17-9-3-5-16-6-4-9/h1-2,9,16H,3-6H2. The lowest BCUT2D eigenvalue weighted by atomic mass is 10.1. The zero-order chi connectivity index (χ0) is 12.3. The maximum absolute atomic E-state index is 13.5. The Labute approximate surface area is 98.0 Å². The first-order chi connectivity index (χ1) is 8.22. The van der Waals surface area contributed by atoms with Gasteiger partial charge in [-0.05, 0) is 38.1 Å². The van der Waals surface area contributed by atoms with Crippen LogP contribution in [0.4, 0.5) is 8.78 Å². The van der Waals surface area contributed by atoms with Crippen molar-refractivity contribution >= 4 is 0 Å². The van der Waals surface area contributed by atoms with E-state index in [0.29, 0.717) is 0 Å². The van der Waals surface area contributed by atoms with Crippen molar-refractivity contribution in [3.63, 3.8) is 0 Å². The molecular weight excluding hydrogens is 226 g/mol. The summed E-state index contributed by atoms with van der Waals surface area (Å²) < 4.78 is 32.3. The second-order valence-electron chi connectivity index (χ2n) is 3.92. The van der Waals surface area contributed by atoms with Crippen molar-refractivity contribution in [3.05, 3.63) is 29.3 Å². The van der Waals surface area contributed by atoms with Crippen LogP contribution in [0, 0.1) is 23.0 Å². The van der Waals surface area contributed by atoms with Crippen LogP contribution in [-0.4, -0.2) is 19.2 Å². The third-order valence-corrected chi connectivity index (χ3v) is 2.75. The van der Waals surface area contributed by atoms with Crippen LogP contribution >= 0.6 is 0 Å². The van der Waals surface area contributed by atoms with E-state index >= 15 is 0 Å². The minimum Gasteiger partial charge on any atom is -0.487 e. The van der Waals surface area contributed by atoms with Crippen molar-refractivity contribution in [1.29, 1.82) is 5.26 Å². The van der Waals surface area contributed by atoms with Crippen LogP contribution in [0.15, 0.2) is 12.1 Å². The van der Waals surface area contributed by atoms with Gasteiger partial charge < -0.3 is 10.1 Å². The lowest BCUT2D eigenvalue weighted by Crippen LogP contribution is -2.34. The predicted molar refractivity (Wildman–Crippen MR) is 57.6 cm³/mol. The molecule has 0 amide bonds. The Bertz CT molecular complexity index is 451. The molecule has 0 unspecified atom stereocenters. The van der Waals surface area contributed by atoms with Gasteiger partial charge in [0.1, 0.15) is 12.2 Å². The molecule has 5 heteroatoms. The van der Waals surface area contributed by atoms with E-state index in [1.807, 2.05) is 0 Å². The number of benzene rings is 1. The van der Waals surface area contributed by atoms with Crippen LogP contribution in [-0.2, 0) is 0 Å². The summed E-state index contributed by atoms with van der Waals surface area (Å²) in [5.41, 5.74) is -0.305. The summed E-state index contributed by atoms with van der Waals surface area (Å²) in [6, 6.07) is 4.12. The number of halogens is 2. The highest BCUT2D eigenvalue weighted by Crippen LogP contribution is 2.24. The summed E-state index contributed by atoms with van der Waals surface area (Å²) in [7, 11) is 0. The lowest BCUT2D eigenvalue weighted by Gasteiger charge is -2.24. The molecule has 0 radical (unpaired) electrons. The molecule has 1 fully saturated rings. The minimum atomic E-state index is -1.14. The van der Waals surface area contributed by atoms with Gasteiger partial charge in [0, 0.05) is 0 Å². The summed E-state index contributed by atoms with van der Waals surface area (Å²) in [5.74, 6) is -2.34. The van der Waals surface area contributed by atoms with Gasteiger partial charge in [-0.25, -0.2) is 4.39 Å². The van der Waals surface area contributed by atoms with Crippen LogP contribution in [0.2, 0.25) is 0 Å². The number of hydrogen-bond donors (Lipinski definition) is 1. The monoisotopic (exact) mass is 238 g/mol. The SMILES string of the molecule is N#Cc1ccc(OC2CCNCC2)c(F)c1F. The van der Waals surface area contributed by atoms with Crippen molar-refractivity contribution in [2.75, 3.05) is 13.1 Å². The maximum Gasteiger partial charge on any atom is 0.202 e. The number of hydrogen-bond acceptors (Lipinski definition) is 3. The average molecular weight is 238 g/mol. The Kier molecular flexibility index (Phi) is 3.55. The Morgan fingerprint density at radius 3 is 2.59 bits per heavy atom. The fourth-order valence-corrected chi connectivity index (χ4v) is 1.80. The van der Waals surface area contributed by atoms with Crippen molar-refractivity contribution in [3.8, 4) is 11.8 Å². The molecule has 0 aliphatic carbocycles. The molecule has 0 spiro atoms. The maximum atomic E-state index is 13.5. The number of nitrogens with one attached hydrogen (secondary N) is 1. The second kappa shape index (κ2) is 5.11. The predicted octanol–water partition coefficient (Wildman–Crippen LogP) is 1.97. The van der Waals surface area contributed by atoms with Gasteiger partial charge in [0.2, 0.25) is 5.82 Å². The molecule has 1 heterocycles. The number of nitrogens with zero attached hydrogens (tertiary/aromatic N) is 1. The summed E-state index contributed by atoms with van der Waals surface area (Å²) in [6.45, 7) is 1.62. The first-order valence-corrected chi connectivity index (χ1v) is 5.48. The molecule has 3 nitrogen and oxygen atoms in total. The van der Waals surface area contributed by atoms with Crippen LogP contribution in [0.25, 0.3) is 0 Å². The van der Waals surface area contributed by atoms with Gasteiger partial charge >= 0.3 is 0 Å². The van der Waals surface area contributed by atoms with Crippen molar-refractivity contribution < 1.29 is 13.5 Å². The van der Waals surface area contributed by atoms with Crippen molar-refractivity contribution in [2.24, 2.45) is 0 Å². The van der Waals surface area contributed by atoms with E-state index in [-0.39, 0.29) is 17.4 Å². The smallest absolute Gasteiger partial charge is 0.202 e. The van der Waals surface area contributed by atoms with Crippen LogP contribution < -0.4 is 10.1 Å². The summed E-state index contributed by atoms with van der Waals surface area (Å²) in [4.78, 5) is 0. The molecule has 1 aromatic carbocycles. The van der Waals surface area contributed by atoms with Gasteiger partial charge in [-0.15, -0.1) is 0 Å². The number of rotatable bonds is 2. The van der Waals surface area contributed by atoms with Gasteiger partial charge in [-0.1, -0.05) is 0 Å². The summed E-state index contributed by atoms with van der Waals surface area (Å²) in [5, 5.41) is 11.7. The molecule has 0 aromatic heterocycles. The van der Waals surface area contributed by atoms with Gasteiger partial charge in [-0.3, -0.25) is 0 Å². The molecule has 17 heavy (non-hydrogen) atoms. The lowest BCUT2D eigenvalue weighted by molar-refractivity contribution is 0.154. The van der Waals surface area contributed by atoms with E-state index in [1.165, 1.54) is 12.1 Å². The zero-order valence-corrected chi connectivity index (χ0v) is 9.17. The van der Waals surface area contributed by atoms with Gasteiger partial charge in [-0.2, -0.15) is 9.65 Å². The first kappa shape index (κ1) is 11.8. The zero-order valence-electron chi connectivity index (χ0n) is 9.17. The molecule has 1 N–H and O–H groups in total. The fourth-order valence-electron chi connectivity index (χ4n) is 1.80. The third-order valence-electron chi connectivity index (χ3n) is 2.75. The Hall–Kier alpha value is -1.67. The van der Waals surface area contributed by atoms with Gasteiger partial charge in [0.15, 0.2) is 11.6 Å². The highest BCUT2D eigenvalue weighted by Gasteiger charge is 2.19. The van der Waals surface area contributed by atoms with E-state index in [1.54, 1.807) is 6.07 Å². The molecule has 0 atom stereocenters. The van der Waals surface area contributed by atoms with E-state index in [4.69, 9.17) is 10.00 Å². The van der Waals surface area contributed by atoms with E-state index in [9.17, 15) is 8.78 Å². The topological polar surface area (TPSA) is 45.0 Å². The Morgan fingerprint density at radius 1 is 1.24 bits per heavy atom. The number of piperidine rings is 1. The fraction of sp³-hybridized carbons (Fsp3) is 0.417. The minimum absolute atomic E-state index is 0.0990. The Morgan fingerprint density at radius 2 is 1.94 bits per heavy atom. The second-order valence-corrected chi connectivity index (χ2v) is 3.92. The molecule has 0 saturated carbocycles. The molecule has 1 aliphatic rings. The highest BCUT2D eigenvalue weighted by molar-refractivity contribution is 5.37. The molecule has 90 valence electrons. The number of nitriles is 1. The van der Waals surface area contributed by atoms with E-state index in [2.05, 4.69) is 5.32 Å². The normalized spacial score (nSPS) is 16.5. The molecule has 0 bridgehead atoms. The Balaban J connectivity index is 2.16. The average Bonchev–Trinajstić information content (AvgIpc) is 2.37. The highest BCUT2D eigenvalue weighted by atomic mass is 19.2. The molecular formula is C12H12F2N2O. The van der Waals surface area contributed by atoms with Crippen LogP contribution in [0.1, 0.15) is 18.4 Å². The molecule has 1 aliphatic heterocycles. The van der Waals surface area contributed by atoms with Gasteiger partial charge in [0.05, 0.1) is 5.56 Å². The molecule has 1 aromatic rings. The number of ether oxygens (including phenoxy) is 1. The van der Waals surface area contributed by atoms with E-state index in [0.717, 1.165) is 25.9 Å². The third kappa shape index (κ3) is 2.53. The van der Waals surface area contributed by atoms with Gasteiger partial charge in [0.25, 0.3) is 0 Å². The van der Waals surface area contributed by atoms with Crippen LogP contribution in [0.5, 0.6) is 5.75 Å². The molecule has 2 rings (SSSR count).